The van der Waals surface area contributed by atoms with Crippen LogP contribution in [0.15, 0.2) is 0 Å². The van der Waals surface area contributed by atoms with E-state index in [1.165, 1.54) is 32.1 Å². The molecular formula is C17H33NO2. The SMILES string of the molecule is CC1CCCCC1OCC(O)CNCC1(C(C)C)CC1. The predicted molar refractivity (Wildman–Crippen MR) is 82.8 cm³/mol. The van der Waals surface area contributed by atoms with Gasteiger partial charge in [-0.1, -0.05) is 33.6 Å². The van der Waals surface area contributed by atoms with Gasteiger partial charge in [0.05, 0.1) is 18.8 Å². The van der Waals surface area contributed by atoms with Crippen molar-refractivity contribution in [2.75, 3.05) is 19.7 Å². The van der Waals surface area contributed by atoms with Gasteiger partial charge in [-0.15, -0.1) is 0 Å². The summed E-state index contributed by atoms with van der Waals surface area (Å²) in [7, 11) is 0. The van der Waals surface area contributed by atoms with Crippen LogP contribution in [0.4, 0.5) is 0 Å². The van der Waals surface area contributed by atoms with Crippen molar-refractivity contribution in [2.45, 2.75) is 71.5 Å². The van der Waals surface area contributed by atoms with E-state index in [2.05, 4.69) is 26.1 Å². The van der Waals surface area contributed by atoms with E-state index < -0.39 is 0 Å². The highest BCUT2D eigenvalue weighted by atomic mass is 16.5. The lowest BCUT2D eigenvalue weighted by Crippen LogP contribution is -2.37. The molecule has 2 fully saturated rings. The third kappa shape index (κ3) is 4.44. The fourth-order valence-corrected chi connectivity index (χ4v) is 3.43. The summed E-state index contributed by atoms with van der Waals surface area (Å²) in [5.41, 5.74) is 0.512. The lowest BCUT2D eigenvalue weighted by Gasteiger charge is -2.29. The molecule has 2 aliphatic rings. The molecule has 0 heterocycles. The Morgan fingerprint density at radius 1 is 1.25 bits per heavy atom. The fraction of sp³-hybridized carbons (Fsp3) is 1.00. The molecule has 0 aromatic rings. The van der Waals surface area contributed by atoms with Gasteiger partial charge in [0.15, 0.2) is 0 Å². The average Bonchev–Trinajstić information content (AvgIpc) is 3.19. The molecule has 3 unspecified atom stereocenters. The molecule has 2 saturated carbocycles. The van der Waals surface area contributed by atoms with E-state index in [9.17, 15) is 5.11 Å². The summed E-state index contributed by atoms with van der Waals surface area (Å²) < 4.78 is 5.91. The van der Waals surface area contributed by atoms with Crippen molar-refractivity contribution in [1.82, 2.24) is 5.32 Å². The van der Waals surface area contributed by atoms with Gasteiger partial charge in [-0.05, 0) is 42.9 Å². The number of aliphatic hydroxyl groups is 1. The number of ether oxygens (including phenoxy) is 1. The molecule has 2 N–H and O–H groups in total. The highest BCUT2D eigenvalue weighted by Crippen LogP contribution is 2.51. The third-order valence-electron chi connectivity index (χ3n) is 5.51. The van der Waals surface area contributed by atoms with Gasteiger partial charge in [0.2, 0.25) is 0 Å². The Bertz CT molecular complexity index is 289. The molecule has 0 aromatic carbocycles. The van der Waals surface area contributed by atoms with Gasteiger partial charge >= 0.3 is 0 Å². The summed E-state index contributed by atoms with van der Waals surface area (Å²) in [4.78, 5) is 0. The molecule has 20 heavy (non-hydrogen) atoms. The highest BCUT2D eigenvalue weighted by molar-refractivity contribution is 4.97. The Balaban J connectivity index is 1.57. The van der Waals surface area contributed by atoms with E-state index >= 15 is 0 Å². The highest BCUT2D eigenvalue weighted by Gasteiger charge is 2.44. The zero-order valence-corrected chi connectivity index (χ0v) is 13.5. The fourth-order valence-electron chi connectivity index (χ4n) is 3.43. The molecule has 0 aliphatic heterocycles. The Hall–Kier alpha value is -0.120. The first kappa shape index (κ1) is 16.3. The first-order valence-electron chi connectivity index (χ1n) is 8.54. The van der Waals surface area contributed by atoms with Crippen LogP contribution in [0.1, 0.15) is 59.3 Å². The van der Waals surface area contributed by atoms with Crippen molar-refractivity contribution < 1.29 is 9.84 Å². The van der Waals surface area contributed by atoms with E-state index in [0.29, 0.717) is 30.6 Å². The van der Waals surface area contributed by atoms with Gasteiger partial charge in [-0.2, -0.15) is 0 Å². The van der Waals surface area contributed by atoms with E-state index in [1.807, 2.05) is 0 Å². The smallest absolute Gasteiger partial charge is 0.0897 e. The molecule has 0 amide bonds. The van der Waals surface area contributed by atoms with Gasteiger partial charge in [0, 0.05) is 13.1 Å². The summed E-state index contributed by atoms with van der Waals surface area (Å²) in [5.74, 6) is 1.39. The van der Waals surface area contributed by atoms with Crippen LogP contribution < -0.4 is 5.32 Å². The predicted octanol–water partition coefficient (Wildman–Crippen LogP) is 2.97. The van der Waals surface area contributed by atoms with Gasteiger partial charge < -0.3 is 15.2 Å². The molecule has 0 spiro atoms. The molecule has 118 valence electrons. The van der Waals surface area contributed by atoms with Crippen molar-refractivity contribution in [3.8, 4) is 0 Å². The molecule has 0 aromatic heterocycles. The second kappa shape index (κ2) is 7.24. The number of hydrogen-bond acceptors (Lipinski definition) is 3. The number of aliphatic hydroxyl groups excluding tert-OH is 1. The average molecular weight is 283 g/mol. The van der Waals surface area contributed by atoms with E-state index in [4.69, 9.17) is 4.74 Å². The molecule has 2 aliphatic carbocycles. The van der Waals surface area contributed by atoms with Crippen LogP contribution in [0.25, 0.3) is 0 Å². The Morgan fingerprint density at radius 2 is 1.95 bits per heavy atom. The summed E-state index contributed by atoms with van der Waals surface area (Å²) in [6.45, 7) is 9.07. The largest absolute Gasteiger partial charge is 0.389 e. The van der Waals surface area contributed by atoms with Crippen molar-refractivity contribution in [3.63, 3.8) is 0 Å². The van der Waals surface area contributed by atoms with Crippen molar-refractivity contribution >= 4 is 0 Å². The summed E-state index contributed by atoms with van der Waals surface area (Å²) in [6, 6.07) is 0. The number of nitrogens with one attached hydrogen (secondary N) is 1. The van der Waals surface area contributed by atoms with Gasteiger partial charge in [0.25, 0.3) is 0 Å². The molecule has 0 radical (unpaired) electrons. The maximum Gasteiger partial charge on any atom is 0.0897 e. The van der Waals surface area contributed by atoms with Gasteiger partial charge in [0.1, 0.15) is 0 Å². The first-order chi connectivity index (χ1) is 9.53. The monoisotopic (exact) mass is 283 g/mol. The van der Waals surface area contributed by atoms with Crippen LogP contribution in [0.2, 0.25) is 0 Å². The summed E-state index contributed by atoms with van der Waals surface area (Å²) in [5, 5.41) is 13.5. The number of hydrogen-bond donors (Lipinski definition) is 2. The van der Waals surface area contributed by atoms with E-state index in [0.717, 1.165) is 18.9 Å². The molecule has 3 atom stereocenters. The van der Waals surface area contributed by atoms with Gasteiger partial charge in [-0.3, -0.25) is 0 Å². The zero-order chi connectivity index (χ0) is 14.6. The van der Waals surface area contributed by atoms with Crippen LogP contribution in [0.5, 0.6) is 0 Å². The minimum absolute atomic E-state index is 0.365. The van der Waals surface area contributed by atoms with E-state index in [1.54, 1.807) is 0 Å². The number of rotatable bonds is 8. The second-order valence-corrected chi connectivity index (χ2v) is 7.44. The van der Waals surface area contributed by atoms with Crippen LogP contribution in [0.3, 0.4) is 0 Å². The lowest BCUT2D eigenvalue weighted by atomic mass is 9.88. The topological polar surface area (TPSA) is 41.5 Å². The van der Waals surface area contributed by atoms with Crippen LogP contribution in [0, 0.1) is 17.3 Å². The normalized spacial score (nSPS) is 30.4. The maximum absolute atomic E-state index is 10.0. The quantitative estimate of drug-likeness (QED) is 0.719. The Morgan fingerprint density at radius 3 is 2.55 bits per heavy atom. The van der Waals surface area contributed by atoms with Crippen LogP contribution in [-0.2, 0) is 4.74 Å². The van der Waals surface area contributed by atoms with Crippen molar-refractivity contribution in [3.05, 3.63) is 0 Å². The van der Waals surface area contributed by atoms with Crippen LogP contribution in [-0.4, -0.2) is 37.0 Å². The van der Waals surface area contributed by atoms with Crippen molar-refractivity contribution in [2.24, 2.45) is 17.3 Å². The lowest BCUT2D eigenvalue weighted by molar-refractivity contribution is -0.0453. The van der Waals surface area contributed by atoms with Crippen LogP contribution >= 0.6 is 0 Å². The molecule has 2 rings (SSSR count). The molecule has 3 heteroatoms. The first-order valence-corrected chi connectivity index (χ1v) is 8.54. The maximum atomic E-state index is 10.0. The second-order valence-electron chi connectivity index (χ2n) is 7.44. The summed E-state index contributed by atoms with van der Waals surface area (Å²) in [6.07, 6.45) is 7.72. The van der Waals surface area contributed by atoms with E-state index in [-0.39, 0.29) is 6.10 Å². The van der Waals surface area contributed by atoms with Crippen molar-refractivity contribution in [1.29, 1.82) is 0 Å². The molecular weight excluding hydrogens is 250 g/mol. The Kier molecular flexibility index (Phi) is 5.88. The Labute approximate surface area is 124 Å². The molecule has 0 bridgehead atoms. The minimum atomic E-state index is -0.368. The molecule has 3 nitrogen and oxygen atoms in total. The minimum Gasteiger partial charge on any atom is -0.389 e. The molecule has 0 saturated heterocycles. The zero-order valence-electron chi connectivity index (χ0n) is 13.5. The van der Waals surface area contributed by atoms with Gasteiger partial charge in [-0.25, -0.2) is 0 Å². The standard InChI is InChI=1S/C17H33NO2/c1-13(2)17(8-9-17)12-18-10-15(19)11-20-16-7-5-4-6-14(16)3/h13-16,18-19H,4-12H2,1-3H3. The summed E-state index contributed by atoms with van der Waals surface area (Å²) >= 11 is 0. The third-order valence-corrected chi connectivity index (χ3v) is 5.51.